The molecule has 0 amide bonds. The molecule has 76 valence electrons. The second-order valence-corrected chi connectivity index (χ2v) is 4.83. The molecule has 1 aromatic heterocycles. The topological polar surface area (TPSA) is 12.9 Å². The molecule has 1 aliphatic rings. The van der Waals surface area contributed by atoms with Gasteiger partial charge in [-0.2, -0.15) is 0 Å². The quantitative estimate of drug-likeness (QED) is 0.707. The van der Waals surface area contributed by atoms with Gasteiger partial charge in [0.1, 0.15) is 5.15 Å². The fraction of sp³-hybridized carbons (Fsp3) is 0.545. The first-order valence-corrected chi connectivity index (χ1v) is 6.26. The lowest BCUT2D eigenvalue weighted by Crippen LogP contribution is -2.09. The van der Waals surface area contributed by atoms with Gasteiger partial charge in [-0.25, -0.2) is 4.98 Å². The van der Waals surface area contributed by atoms with E-state index in [0.29, 0.717) is 5.15 Å². The van der Waals surface area contributed by atoms with E-state index in [2.05, 4.69) is 27.8 Å². The third kappa shape index (κ3) is 1.70. The molecule has 0 saturated carbocycles. The minimum atomic E-state index is 0.627. The minimum Gasteiger partial charge on any atom is -0.240 e. The maximum atomic E-state index is 6.07. The van der Waals surface area contributed by atoms with E-state index in [1.165, 1.54) is 36.1 Å². The number of halogens is 2. The zero-order valence-corrected chi connectivity index (χ0v) is 10.6. The lowest BCUT2D eigenvalue weighted by molar-refractivity contribution is 0.660. The molecule has 0 radical (unpaired) electrons. The lowest BCUT2D eigenvalue weighted by Gasteiger charge is -2.19. The summed E-state index contributed by atoms with van der Waals surface area (Å²) < 4.78 is 1.00. The van der Waals surface area contributed by atoms with Gasteiger partial charge < -0.3 is 0 Å². The number of pyridine rings is 1. The Morgan fingerprint density at radius 3 is 2.79 bits per heavy atom. The zero-order valence-electron chi connectivity index (χ0n) is 8.24. The van der Waals surface area contributed by atoms with E-state index >= 15 is 0 Å². The van der Waals surface area contributed by atoms with Crippen molar-refractivity contribution in [1.82, 2.24) is 4.98 Å². The predicted molar refractivity (Wildman–Crippen MR) is 63.0 cm³/mol. The van der Waals surface area contributed by atoms with E-state index in [-0.39, 0.29) is 0 Å². The van der Waals surface area contributed by atoms with Gasteiger partial charge >= 0.3 is 0 Å². The van der Waals surface area contributed by atoms with Gasteiger partial charge in [0.15, 0.2) is 0 Å². The molecule has 1 aliphatic carbocycles. The SMILES string of the molecule is CCc1c(Br)c(Cl)nc2c1CCCC2. The van der Waals surface area contributed by atoms with E-state index in [0.717, 1.165) is 17.3 Å². The molecule has 2 rings (SSSR count). The van der Waals surface area contributed by atoms with Crippen LogP contribution in [0, 0.1) is 0 Å². The molecule has 0 unspecified atom stereocenters. The Hall–Kier alpha value is -0.0800. The Labute approximate surface area is 98.0 Å². The number of hydrogen-bond acceptors (Lipinski definition) is 1. The average molecular weight is 275 g/mol. The van der Waals surface area contributed by atoms with E-state index < -0.39 is 0 Å². The van der Waals surface area contributed by atoms with Crippen molar-refractivity contribution in [2.24, 2.45) is 0 Å². The van der Waals surface area contributed by atoms with Gasteiger partial charge in [0.25, 0.3) is 0 Å². The molecule has 3 heteroatoms. The van der Waals surface area contributed by atoms with Gasteiger partial charge in [0.05, 0.1) is 4.47 Å². The van der Waals surface area contributed by atoms with Crippen molar-refractivity contribution in [2.45, 2.75) is 39.0 Å². The first-order valence-electron chi connectivity index (χ1n) is 5.09. The van der Waals surface area contributed by atoms with Gasteiger partial charge in [0, 0.05) is 5.69 Å². The summed E-state index contributed by atoms with van der Waals surface area (Å²) in [6, 6.07) is 0. The molecule has 14 heavy (non-hydrogen) atoms. The van der Waals surface area contributed by atoms with Crippen molar-refractivity contribution >= 4 is 27.5 Å². The van der Waals surface area contributed by atoms with E-state index in [1.54, 1.807) is 0 Å². The Bertz CT molecular complexity index is 363. The fourth-order valence-electron chi connectivity index (χ4n) is 2.13. The first-order chi connectivity index (χ1) is 6.74. The highest BCUT2D eigenvalue weighted by atomic mass is 79.9. The lowest BCUT2D eigenvalue weighted by atomic mass is 9.91. The zero-order chi connectivity index (χ0) is 10.1. The molecule has 0 aliphatic heterocycles. The number of hydrogen-bond donors (Lipinski definition) is 0. The van der Waals surface area contributed by atoms with Crippen molar-refractivity contribution in [2.75, 3.05) is 0 Å². The highest BCUT2D eigenvalue weighted by Gasteiger charge is 2.18. The summed E-state index contributed by atoms with van der Waals surface area (Å²) in [5.74, 6) is 0. The Morgan fingerprint density at radius 1 is 1.36 bits per heavy atom. The average Bonchev–Trinajstić information content (AvgIpc) is 2.20. The molecule has 1 aromatic rings. The third-order valence-electron chi connectivity index (χ3n) is 2.84. The summed E-state index contributed by atoms with van der Waals surface area (Å²) in [6.45, 7) is 2.17. The Morgan fingerprint density at radius 2 is 2.07 bits per heavy atom. The number of rotatable bonds is 1. The number of nitrogens with zero attached hydrogens (tertiary/aromatic N) is 1. The second kappa shape index (κ2) is 4.19. The van der Waals surface area contributed by atoms with Crippen molar-refractivity contribution in [1.29, 1.82) is 0 Å². The Balaban J connectivity index is 2.60. The fourth-order valence-corrected chi connectivity index (χ4v) is 2.96. The summed E-state index contributed by atoms with van der Waals surface area (Å²) >= 11 is 9.60. The normalized spacial score (nSPS) is 15.4. The van der Waals surface area contributed by atoms with Gasteiger partial charge in [-0.1, -0.05) is 18.5 Å². The van der Waals surface area contributed by atoms with Crippen LogP contribution in [0.25, 0.3) is 0 Å². The summed E-state index contributed by atoms with van der Waals surface area (Å²) in [4.78, 5) is 4.44. The molecule has 1 nitrogen and oxygen atoms in total. The van der Waals surface area contributed by atoms with Crippen LogP contribution in [-0.2, 0) is 19.3 Å². The monoisotopic (exact) mass is 273 g/mol. The number of aryl methyl sites for hydroxylation is 1. The molecule has 0 spiro atoms. The van der Waals surface area contributed by atoms with E-state index in [9.17, 15) is 0 Å². The number of aromatic nitrogens is 1. The molecule has 1 heterocycles. The van der Waals surface area contributed by atoms with Crippen LogP contribution in [0.5, 0.6) is 0 Å². The molecule has 0 N–H and O–H groups in total. The summed E-state index contributed by atoms with van der Waals surface area (Å²) in [6.07, 6.45) is 5.83. The molecule has 0 aromatic carbocycles. The van der Waals surface area contributed by atoms with Crippen LogP contribution in [0.15, 0.2) is 4.47 Å². The predicted octanol–water partition coefficient (Wildman–Crippen LogP) is 3.94. The second-order valence-electron chi connectivity index (χ2n) is 3.68. The van der Waals surface area contributed by atoms with Crippen LogP contribution < -0.4 is 0 Å². The first kappa shape index (κ1) is 10.4. The van der Waals surface area contributed by atoms with Crippen LogP contribution in [-0.4, -0.2) is 4.98 Å². The molecular weight excluding hydrogens is 261 g/mol. The summed E-state index contributed by atoms with van der Waals surface area (Å²) in [5, 5.41) is 0.627. The van der Waals surface area contributed by atoms with Crippen molar-refractivity contribution < 1.29 is 0 Å². The van der Waals surface area contributed by atoms with Crippen molar-refractivity contribution in [3.63, 3.8) is 0 Å². The van der Waals surface area contributed by atoms with E-state index in [4.69, 9.17) is 11.6 Å². The molecular formula is C11H13BrClN. The molecule has 0 saturated heterocycles. The van der Waals surface area contributed by atoms with Gasteiger partial charge in [-0.3, -0.25) is 0 Å². The molecule has 0 bridgehead atoms. The smallest absolute Gasteiger partial charge is 0.143 e. The van der Waals surface area contributed by atoms with Crippen LogP contribution in [0.3, 0.4) is 0 Å². The highest BCUT2D eigenvalue weighted by Crippen LogP contribution is 2.33. The van der Waals surface area contributed by atoms with Gasteiger partial charge in [-0.05, 0) is 59.2 Å². The van der Waals surface area contributed by atoms with Gasteiger partial charge in [0.2, 0.25) is 0 Å². The van der Waals surface area contributed by atoms with E-state index in [1.807, 2.05) is 0 Å². The standard InChI is InChI=1S/C11H13BrClN/c1-2-7-8-5-3-4-6-9(8)14-11(13)10(7)12/h2-6H2,1H3. The van der Waals surface area contributed by atoms with Crippen molar-refractivity contribution in [3.8, 4) is 0 Å². The van der Waals surface area contributed by atoms with Crippen LogP contribution in [0.1, 0.15) is 36.6 Å². The van der Waals surface area contributed by atoms with Crippen LogP contribution in [0.4, 0.5) is 0 Å². The highest BCUT2D eigenvalue weighted by molar-refractivity contribution is 9.10. The minimum absolute atomic E-state index is 0.627. The largest absolute Gasteiger partial charge is 0.240 e. The van der Waals surface area contributed by atoms with Crippen LogP contribution in [0.2, 0.25) is 5.15 Å². The van der Waals surface area contributed by atoms with Crippen LogP contribution >= 0.6 is 27.5 Å². The maximum Gasteiger partial charge on any atom is 0.143 e. The maximum absolute atomic E-state index is 6.07. The summed E-state index contributed by atoms with van der Waals surface area (Å²) in [5.41, 5.74) is 4.02. The molecule has 0 fully saturated rings. The number of fused-ring (bicyclic) bond motifs is 1. The summed E-state index contributed by atoms with van der Waals surface area (Å²) in [7, 11) is 0. The third-order valence-corrected chi connectivity index (χ3v) is 4.19. The Kier molecular flexibility index (Phi) is 3.13. The molecule has 0 atom stereocenters. The van der Waals surface area contributed by atoms with Crippen molar-refractivity contribution in [3.05, 3.63) is 26.4 Å². The van der Waals surface area contributed by atoms with Gasteiger partial charge in [-0.15, -0.1) is 0 Å².